The van der Waals surface area contributed by atoms with E-state index in [0.29, 0.717) is 0 Å². The molecule has 0 unspecified atom stereocenters. The molecule has 0 amide bonds. The van der Waals surface area contributed by atoms with Gasteiger partial charge in [-0.25, -0.2) is 0 Å². The quantitative estimate of drug-likeness (QED) is 0.533. The minimum absolute atomic E-state index is 0.116. The standard InChI is InChI=1S/C6H13BO2/c1-2-3-4-7-8-5-6-9-7/h2-6H2,1H3. The van der Waals surface area contributed by atoms with E-state index in [9.17, 15) is 0 Å². The molecule has 1 rings (SSSR count). The molecular formula is C6H13BO2. The molecule has 1 fully saturated rings. The lowest BCUT2D eigenvalue weighted by Gasteiger charge is -1.99. The molecule has 9 heavy (non-hydrogen) atoms. The second-order valence-corrected chi connectivity index (χ2v) is 2.31. The molecule has 1 saturated heterocycles. The van der Waals surface area contributed by atoms with Gasteiger partial charge < -0.3 is 9.31 Å². The summed E-state index contributed by atoms with van der Waals surface area (Å²) in [5.74, 6) is 0. The van der Waals surface area contributed by atoms with Crippen LogP contribution < -0.4 is 0 Å². The first-order valence-electron chi connectivity index (χ1n) is 3.66. The monoisotopic (exact) mass is 128 g/mol. The van der Waals surface area contributed by atoms with Crippen molar-refractivity contribution in [1.29, 1.82) is 0 Å². The summed E-state index contributed by atoms with van der Waals surface area (Å²) in [5, 5.41) is 0. The van der Waals surface area contributed by atoms with Gasteiger partial charge in [-0.05, 0) is 6.32 Å². The second-order valence-electron chi connectivity index (χ2n) is 2.31. The van der Waals surface area contributed by atoms with Gasteiger partial charge in [-0.1, -0.05) is 19.8 Å². The Hall–Kier alpha value is -0.0151. The fourth-order valence-corrected chi connectivity index (χ4v) is 0.945. The van der Waals surface area contributed by atoms with Crippen molar-refractivity contribution in [3.63, 3.8) is 0 Å². The van der Waals surface area contributed by atoms with Crippen LogP contribution in [0.15, 0.2) is 0 Å². The predicted molar refractivity (Wildman–Crippen MR) is 37.4 cm³/mol. The van der Waals surface area contributed by atoms with E-state index >= 15 is 0 Å². The van der Waals surface area contributed by atoms with Crippen molar-refractivity contribution < 1.29 is 9.31 Å². The van der Waals surface area contributed by atoms with Crippen LogP contribution in [0.2, 0.25) is 6.32 Å². The van der Waals surface area contributed by atoms with E-state index in [1.165, 1.54) is 12.8 Å². The van der Waals surface area contributed by atoms with Crippen molar-refractivity contribution in [2.24, 2.45) is 0 Å². The van der Waals surface area contributed by atoms with Gasteiger partial charge >= 0.3 is 7.12 Å². The van der Waals surface area contributed by atoms with Crippen LogP contribution in [-0.4, -0.2) is 20.3 Å². The average molecular weight is 128 g/mol. The summed E-state index contributed by atoms with van der Waals surface area (Å²) in [6.45, 7) is 3.75. The summed E-state index contributed by atoms with van der Waals surface area (Å²) >= 11 is 0. The lowest BCUT2D eigenvalue weighted by molar-refractivity contribution is 0.365. The normalized spacial score (nSPS) is 19.0. The van der Waals surface area contributed by atoms with E-state index in [0.717, 1.165) is 19.5 Å². The van der Waals surface area contributed by atoms with Crippen molar-refractivity contribution in [3.05, 3.63) is 0 Å². The number of hydrogen-bond donors (Lipinski definition) is 0. The molecule has 0 aromatic heterocycles. The van der Waals surface area contributed by atoms with Gasteiger partial charge in [-0.2, -0.15) is 0 Å². The molecule has 2 nitrogen and oxygen atoms in total. The van der Waals surface area contributed by atoms with Crippen LogP contribution >= 0.6 is 0 Å². The molecule has 52 valence electrons. The van der Waals surface area contributed by atoms with E-state index in [4.69, 9.17) is 9.31 Å². The molecule has 3 heteroatoms. The predicted octanol–water partition coefficient (Wildman–Crippen LogP) is 1.32. The van der Waals surface area contributed by atoms with Gasteiger partial charge in [0.1, 0.15) is 0 Å². The summed E-state index contributed by atoms with van der Waals surface area (Å²) < 4.78 is 10.5. The van der Waals surface area contributed by atoms with Crippen LogP contribution in [0, 0.1) is 0 Å². The Kier molecular flexibility index (Phi) is 3.08. The van der Waals surface area contributed by atoms with Crippen molar-refractivity contribution in [2.45, 2.75) is 26.1 Å². The highest BCUT2D eigenvalue weighted by atomic mass is 16.6. The van der Waals surface area contributed by atoms with E-state index in [1.54, 1.807) is 0 Å². The molecule has 0 aromatic carbocycles. The highest BCUT2D eigenvalue weighted by Gasteiger charge is 2.21. The first-order chi connectivity index (χ1) is 4.43. The highest BCUT2D eigenvalue weighted by Crippen LogP contribution is 2.07. The highest BCUT2D eigenvalue weighted by molar-refractivity contribution is 6.44. The van der Waals surface area contributed by atoms with Crippen LogP contribution in [0.4, 0.5) is 0 Å². The Morgan fingerprint density at radius 3 is 2.56 bits per heavy atom. The van der Waals surface area contributed by atoms with Gasteiger partial charge in [0.2, 0.25) is 0 Å². The Morgan fingerprint density at radius 2 is 2.00 bits per heavy atom. The Bertz CT molecular complexity index is 71.5. The summed E-state index contributed by atoms with van der Waals surface area (Å²) in [5.41, 5.74) is 0. The zero-order chi connectivity index (χ0) is 6.53. The van der Waals surface area contributed by atoms with Crippen LogP contribution in [0.5, 0.6) is 0 Å². The van der Waals surface area contributed by atoms with Crippen LogP contribution in [0.3, 0.4) is 0 Å². The first kappa shape index (κ1) is 7.10. The third-order valence-electron chi connectivity index (χ3n) is 1.48. The third-order valence-corrected chi connectivity index (χ3v) is 1.48. The molecule has 0 spiro atoms. The average Bonchev–Trinajstić information content (AvgIpc) is 2.34. The van der Waals surface area contributed by atoms with Gasteiger partial charge in [-0.15, -0.1) is 0 Å². The second kappa shape index (κ2) is 3.91. The Morgan fingerprint density at radius 1 is 1.33 bits per heavy atom. The van der Waals surface area contributed by atoms with E-state index < -0.39 is 0 Å². The van der Waals surface area contributed by atoms with Gasteiger partial charge in [0.05, 0.1) is 13.2 Å². The maximum absolute atomic E-state index is 5.23. The lowest BCUT2D eigenvalue weighted by Crippen LogP contribution is -2.12. The third kappa shape index (κ3) is 2.37. The zero-order valence-electron chi connectivity index (χ0n) is 5.93. The topological polar surface area (TPSA) is 18.5 Å². The molecule has 1 aliphatic rings. The first-order valence-corrected chi connectivity index (χ1v) is 3.66. The van der Waals surface area contributed by atoms with Crippen molar-refractivity contribution in [1.82, 2.24) is 0 Å². The molecule has 0 aromatic rings. The molecule has 1 aliphatic heterocycles. The number of hydrogen-bond acceptors (Lipinski definition) is 2. The molecule has 0 saturated carbocycles. The van der Waals surface area contributed by atoms with Crippen molar-refractivity contribution in [2.75, 3.05) is 13.2 Å². The molecule has 1 heterocycles. The SMILES string of the molecule is CCCCB1OCCO1. The smallest absolute Gasteiger partial charge is 0.409 e. The maximum Gasteiger partial charge on any atom is 0.456 e. The largest absolute Gasteiger partial charge is 0.456 e. The minimum Gasteiger partial charge on any atom is -0.409 e. The van der Waals surface area contributed by atoms with Gasteiger partial charge in [0.25, 0.3) is 0 Å². The summed E-state index contributed by atoms with van der Waals surface area (Å²) in [6, 6.07) is 0. The number of unbranched alkanes of at least 4 members (excludes halogenated alkanes) is 1. The zero-order valence-corrected chi connectivity index (χ0v) is 5.93. The van der Waals surface area contributed by atoms with E-state index in [-0.39, 0.29) is 7.12 Å². The van der Waals surface area contributed by atoms with Crippen LogP contribution in [0.25, 0.3) is 0 Å². The fourth-order valence-electron chi connectivity index (χ4n) is 0.945. The van der Waals surface area contributed by atoms with E-state index in [1.807, 2.05) is 0 Å². The molecule has 0 radical (unpaired) electrons. The van der Waals surface area contributed by atoms with Crippen LogP contribution in [0.1, 0.15) is 19.8 Å². The minimum atomic E-state index is 0.116. The van der Waals surface area contributed by atoms with Crippen molar-refractivity contribution >= 4 is 7.12 Å². The van der Waals surface area contributed by atoms with Gasteiger partial charge in [0.15, 0.2) is 0 Å². The van der Waals surface area contributed by atoms with Crippen molar-refractivity contribution in [3.8, 4) is 0 Å². The fraction of sp³-hybridized carbons (Fsp3) is 1.00. The van der Waals surface area contributed by atoms with Gasteiger partial charge in [-0.3, -0.25) is 0 Å². The Labute approximate surface area is 56.7 Å². The number of rotatable bonds is 3. The Balaban J connectivity index is 1.98. The van der Waals surface area contributed by atoms with Crippen LogP contribution in [-0.2, 0) is 9.31 Å². The van der Waals surface area contributed by atoms with E-state index in [2.05, 4.69) is 6.92 Å². The molecule has 0 aliphatic carbocycles. The van der Waals surface area contributed by atoms with Gasteiger partial charge in [0, 0.05) is 0 Å². The maximum atomic E-state index is 5.23. The molecule has 0 bridgehead atoms. The lowest BCUT2D eigenvalue weighted by atomic mass is 9.83. The summed E-state index contributed by atoms with van der Waals surface area (Å²) in [4.78, 5) is 0. The molecule has 0 atom stereocenters. The molecule has 0 N–H and O–H groups in total. The summed E-state index contributed by atoms with van der Waals surface area (Å²) in [6.07, 6.45) is 3.50. The summed E-state index contributed by atoms with van der Waals surface area (Å²) in [7, 11) is 0.116. The molecular weight excluding hydrogens is 115 g/mol.